The summed E-state index contributed by atoms with van der Waals surface area (Å²) in [6, 6.07) is 0. The smallest absolute Gasteiger partial charge is 0.282 e. The van der Waals surface area contributed by atoms with Crippen LogP contribution in [0, 0.1) is 6.92 Å². The Hall–Kier alpha value is -1.06. The maximum Gasteiger partial charge on any atom is 0.345 e. The van der Waals surface area contributed by atoms with Gasteiger partial charge in [-0.1, -0.05) is 13.8 Å². The highest BCUT2D eigenvalue weighted by molar-refractivity contribution is 4.80. The van der Waals surface area contributed by atoms with Crippen LogP contribution >= 0.6 is 0 Å². The van der Waals surface area contributed by atoms with E-state index in [9.17, 15) is 4.79 Å². The third kappa shape index (κ3) is 1.96. The zero-order chi connectivity index (χ0) is 9.72. The first-order valence-electron chi connectivity index (χ1n) is 4.27. The third-order valence-electron chi connectivity index (χ3n) is 1.56. The molecule has 0 fully saturated rings. The summed E-state index contributed by atoms with van der Waals surface area (Å²) in [5.74, 6) is 0.756. The van der Waals surface area contributed by atoms with Gasteiger partial charge in [0.15, 0.2) is 0 Å². The molecule has 0 aliphatic heterocycles. The molecule has 12 heavy (non-hydrogen) atoms. The van der Waals surface area contributed by atoms with Crippen LogP contribution in [0.5, 0.6) is 0 Å². The van der Waals surface area contributed by atoms with Gasteiger partial charge in [0.1, 0.15) is 5.82 Å². The quantitative estimate of drug-likeness (QED) is 0.630. The van der Waals surface area contributed by atoms with Crippen molar-refractivity contribution in [1.29, 1.82) is 0 Å². The van der Waals surface area contributed by atoms with Crippen molar-refractivity contribution in [1.82, 2.24) is 14.3 Å². The van der Waals surface area contributed by atoms with E-state index in [4.69, 9.17) is 0 Å². The molecule has 0 saturated carbocycles. The maximum atomic E-state index is 11.1. The summed E-state index contributed by atoms with van der Waals surface area (Å²) < 4.78 is 2.97. The Labute approximate surface area is 72.8 Å². The topological polar surface area (TPSA) is 39.8 Å². The third-order valence-corrected chi connectivity index (χ3v) is 1.56. The minimum Gasteiger partial charge on any atom is -0.282 e. The van der Waals surface area contributed by atoms with Crippen LogP contribution in [0.2, 0.25) is 0 Å². The van der Waals surface area contributed by atoms with Crippen LogP contribution in [-0.2, 0) is 13.6 Å². The zero-order valence-corrected chi connectivity index (χ0v) is 8.46. The first-order valence-corrected chi connectivity index (χ1v) is 4.27. The van der Waals surface area contributed by atoms with E-state index < -0.39 is 0 Å². The predicted octanol–water partition coefficient (Wildman–Crippen LogP) is 0.936. The monoisotopic (exact) mass is 171 g/mol. The molecule has 4 heteroatoms. The minimum atomic E-state index is -0.0417. The molecule has 0 N–H and O–H groups in total. The lowest BCUT2D eigenvalue weighted by Crippen LogP contribution is -2.22. The summed E-state index contributed by atoms with van der Waals surface area (Å²) in [5, 5.41) is 4.00. The largest absolute Gasteiger partial charge is 0.345 e. The molecular formula is C8H17N3O. The van der Waals surface area contributed by atoms with E-state index in [1.807, 2.05) is 27.7 Å². The number of hydrogen-bond acceptors (Lipinski definition) is 2. The highest BCUT2D eigenvalue weighted by Gasteiger charge is 2.01. The van der Waals surface area contributed by atoms with E-state index in [0.717, 1.165) is 5.82 Å². The van der Waals surface area contributed by atoms with E-state index >= 15 is 0 Å². The second kappa shape index (κ2) is 4.74. The Balaban J connectivity index is 0.000000561. The number of aromatic nitrogens is 3. The molecule has 0 saturated heterocycles. The molecule has 1 rings (SSSR count). The molecule has 0 aliphatic rings. The Morgan fingerprint density at radius 1 is 1.42 bits per heavy atom. The van der Waals surface area contributed by atoms with Crippen LogP contribution in [0.15, 0.2) is 4.79 Å². The van der Waals surface area contributed by atoms with Crippen molar-refractivity contribution in [2.45, 2.75) is 34.2 Å². The summed E-state index contributed by atoms with van der Waals surface area (Å²) in [6.45, 7) is 8.35. The van der Waals surface area contributed by atoms with Crippen molar-refractivity contribution in [3.8, 4) is 0 Å². The summed E-state index contributed by atoms with van der Waals surface area (Å²) in [6.07, 6.45) is 0. The molecule has 0 spiro atoms. The lowest BCUT2D eigenvalue weighted by atomic mass is 10.7. The molecule has 0 unspecified atom stereocenters. The summed E-state index contributed by atoms with van der Waals surface area (Å²) in [5.41, 5.74) is -0.0417. The van der Waals surface area contributed by atoms with Gasteiger partial charge in [-0.05, 0) is 13.8 Å². The standard InChI is InChI=1S/C6H11N3O.C2H6/c1-4-9-6(10)8(3)5(2)7-9;1-2/h4H2,1-3H3;1-2H3. The number of hydrogen-bond donors (Lipinski definition) is 0. The van der Waals surface area contributed by atoms with Crippen LogP contribution in [0.3, 0.4) is 0 Å². The first kappa shape index (κ1) is 10.9. The van der Waals surface area contributed by atoms with Crippen molar-refractivity contribution >= 4 is 0 Å². The van der Waals surface area contributed by atoms with Crippen LogP contribution in [0.1, 0.15) is 26.6 Å². The Kier molecular flexibility index (Phi) is 4.33. The minimum absolute atomic E-state index is 0.0417. The zero-order valence-electron chi connectivity index (χ0n) is 8.46. The lowest BCUT2D eigenvalue weighted by molar-refractivity contribution is 0.622. The second-order valence-corrected chi connectivity index (χ2v) is 2.20. The molecule has 0 atom stereocenters. The van der Waals surface area contributed by atoms with E-state index in [1.54, 1.807) is 7.05 Å². The fourth-order valence-electron chi connectivity index (χ4n) is 0.802. The fourth-order valence-corrected chi connectivity index (χ4v) is 0.802. The Bertz CT molecular complexity index is 285. The van der Waals surface area contributed by atoms with E-state index in [1.165, 1.54) is 9.25 Å². The fraction of sp³-hybridized carbons (Fsp3) is 0.750. The molecule has 0 bridgehead atoms. The summed E-state index contributed by atoms with van der Waals surface area (Å²) >= 11 is 0. The average Bonchev–Trinajstić information content (AvgIpc) is 2.36. The predicted molar refractivity (Wildman–Crippen MR) is 49.2 cm³/mol. The number of aryl methyl sites for hydroxylation is 2. The van der Waals surface area contributed by atoms with Crippen molar-refractivity contribution in [2.24, 2.45) is 7.05 Å². The van der Waals surface area contributed by atoms with Gasteiger partial charge < -0.3 is 0 Å². The van der Waals surface area contributed by atoms with Gasteiger partial charge in [0.2, 0.25) is 0 Å². The Morgan fingerprint density at radius 2 is 1.92 bits per heavy atom. The lowest BCUT2D eigenvalue weighted by Gasteiger charge is -1.86. The molecule has 0 radical (unpaired) electrons. The molecular weight excluding hydrogens is 154 g/mol. The number of nitrogens with zero attached hydrogens (tertiary/aromatic N) is 3. The molecule has 4 nitrogen and oxygen atoms in total. The van der Waals surface area contributed by atoms with Gasteiger partial charge >= 0.3 is 5.69 Å². The van der Waals surface area contributed by atoms with Crippen molar-refractivity contribution in [3.05, 3.63) is 16.3 Å². The van der Waals surface area contributed by atoms with Gasteiger partial charge in [-0.15, -0.1) is 0 Å². The second-order valence-electron chi connectivity index (χ2n) is 2.20. The molecule has 1 aromatic heterocycles. The van der Waals surface area contributed by atoms with Crippen molar-refractivity contribution in [2.75, 3.05) is 0 Å². The Morgan fingerprint density at radius 3 is 2.08 bits per heavy atom. The molecule has 1 aromatic rings. The molecule has 0 aliphatic carbocycles. The SMILES string of the molecule is CC.CCn1nc(C)n(C)c1=O. The summed E-state index contributed by atoms with van der Waals surface area (Å²) in [7, 11) is 1.72. The number of rotatable bonds is 1. The molecule has 0 aromatic carbocycles. The first-order chi connectivity index (χ1) is 5.66. The van der Waals surface area contributed by atoms with Gasteiger partial charge in [0.05, 0.1) is 0 Å². The van der Waals surface area contributed by atoms with Gasteiger partial charge in [-0.25, -0.2) is 9.48 Å². The highest BCUT2D eigenvalue weighted by Crippen LogP contribution is 1.83. The average molecular weight is 171 g/mol. The van der Waals surface area contributed by atoms with E-state index in [2.05, 4.69) is 5.10 Å². The highest BCUT2D eigenvalue weighted by atomic mass is 16.2. The van der Waals surface area contributed by atoms with Crippen LogP contribution < -0.4 is 5.69 Å². The van der Waals surface area contributed by atoms with Crippen LogP contribution in [0.4, 0.5) is 0 Å². The normalized spacial score (nSPS) is 9.08. The van der Waals surface area contributed by atoms with E-state index in [0.29, 0.717) is 6.54 Å². The molecule has 70 valence electrons. The molecule has 0 amide bonds. The van der Waals surface area contributed by atoms with Gasteiger partial charge in [-0.2, -0.15) is 5.10 Å². The molecule has 1 heterocycles. The van der Waals surface area contributed by atoms with Crippen molar-refractivity contribution < 1.29 is 0 Å². The maximum absolute atomic E-state index is 11.1. The van der Waals surface area contributed by atoms with Crippen molar-refractivity contribution in [3.63, 3.8) is 0 Å². The van der Waals surface area contributed by atoms with Gasteiger partial charge in [-0.3, -0.25) is 4.57 Å². The van der Waals surface area contributed by atoms with E-state index in [-0.39, 0.29) is 5.69 Å². The van der Waals surface area contributed by atoms with Gasteiger partial charge in [0, 0.05) is 13.6 Å². The summed E-state index contributed by atoms with van der Waals surface area (Å²) in [4.78, 5) is 11.1. The van der Waals surface area contributed by atoms with Crippen LogP contribution in [-0.4, -0.2) is 14.3 Å². The van der Waals surface area contributed by atoms with Gasteiger partial charge in [0.25, 0.3) is 0 Å². The van der Waals surface area contributed by atoms with Crippen LogP contribution in [0.25, 0.3) is 0 Å².